The number of fused-ring (bicyclic) bond motifs is 1. The lowest BCUT2D eigenvalue weighted by molar-refractivity contribution is -0.133. The largest absolute Gasteiger partial charge is 0.338 e. The van der Waals surface area contributed by atoms with Crippen molar-refractivity contribution in [3.8, 4) is 0 Å². The zero-order valence-electron chi connectivity index (χ0n) is 15.8. The van der Waals surface area contributed by atoms with Crippen LogP contribution >= 0.6 is 0 Å². The van der Waals surface area contributed by atoms with Crippen molar-refractivity contribution in [3.63, 3.8) is 0 Å². The number of piperazine rings is 1. The Morgan fingerprint density at radius 1 is 1.04 bits per heavy atom. The topological polar surface area (TPSA) is 78.8 Å². The van der Waals surface area contributed by atoms with Crippen LogP contribution in [0.3, 0.4) is 0 Å². The Kier molecular flexibility index (Phi) is 5.73. The van der Waals surface area contributed by atoms with Gasteiger partial charge >= 0.3 is 6.03 Å². The summed E-state index contributed by atoms with van der Waals surface area (Å²) in [5.74, 6) is -0.158. The summed E-state index contributed by atoms with van der Waals surface area (Å²) in [5, 5.41) is 5.43. The van der Waals surface area contributed by atoms with Crippen molar-refractivity contribution < 1.29 is 9.59 Å². The Morgan fingerprint density at radius 2 is 1.67 bits per heavy atom. The maximum Gasteiger partial charge on any atom is 0.320 e. The van der Waals surface area contributed by atoms with Gasteiger partial charge in [-0.25, -0.2) is 9.48 Å². The fourth-order valence-electron chi connectivity index (χ4n) is 3.31. The summed E-state index contributed by atoms with van der Waals surface area (Å²) < 4.78 is 1.21. The number of hydrogen-bond acceptors (Lipinski definition) is 4. The number of carbonyl (C=O) groups is 2. The molecule has 1 aliphatic heterocycles. The van der Waals surface area contributed by atoms with E-state index in [-0.39, 0.29) is 24.0 Å². The van der Waals surface area contributed by atoms with Crippen LogP contribution in [0.5, 0.6) is 0 Å². The third kappa shape index (κ3) is 3.94. The van der Waals surface area contributed by atoms with Crippen molar-refractivity contribution in [2.24, 2.45) is 0 Å². The van der Waals surface area contributed by atoms with Crippen LogP contribution in [-0.4, -0.2) is 75.7 Å². The zero-order chi connectivity index (χ0) is 19.4. The number of amides is 3. The molecule has 1 aliphatic rings. The summed E-state index contributed by atoms with van der Waals surface area (Å²) in [6.45, 7) is 7.10. The van der Waals surface area contributed by atoms with E-state index in [9.17, 15) is 14.4 Å². The molecule has 0 bridgehead atoms. The molecule has 2 aromatic rings. The first kappa shape index (κ1) is 18.9. The fraction of sp³-hybridized carbons (Fsp3) is 0.474. The molecule has 1 aromatic heterocycles. The van der Waals surface area contributed by atoms with Crippen molar-refractivity contribution in [1.82, 2.24) is 24.5 Å². The molecule has 0 N–H and O–H groups in total. The van der Waals surface area contributed by atoms with Crippen molar-refractivity contribution in [3.05, 3.63) is 40.8 Å². The molecular weight excluding hydrogens is 346 g/mol. The van der Waals surface area contributed by atoms with E-state index >= 15 is 0 Å². The van der Waals surface area contributed by atoms with Crippen LogP contribution in [0.15, 0.2) is 35.3 Å². The highest BCUT2D eigenvalue weighted by Crippen LogP contribution is 2.08. The highest BCUT2D eigenvalue weighted by atomic mass is 16.2. The minimum absolute atomic E-state index is 0.0134. The lowest BCUT2D eigenvalue weighted by Gasteiger charge is -2.37. The Morgan fingerprint density at radius 3 is 2.33 bits per heavy atom. The molecule has 3 amide bonds. The molecular formula is C19H25N5O3. The molecule has 3 rings (SSSR count). The number of carbonyl (C=O) groups excluding carboxylic acids is 2. The standard InChI is InChI=1S/C19H25N5O3/c1-3-21(4-2)19(27)23-11-9-22(10-12-23)17(25)14-24-18(26)16-8-6-5-7-15(16)13-20-24/h5-8,13H,3-4,9-12,14H2,1-2H3. The molecule has 1 fully saturated rings. The molecule has 27 heavy (non-hydrogen) atoms. The molecule has 8 heteroatoms. The molecule has 1 aromatic carbocycles. The summed E-state index contributed by atoms with van der Waals surface area (Å²) in [6, 6.07) is 7.21. The molecule has 8 nitrogen and oxygen atoms in total. The number of benzene rings is 1. The lowest BCUT2D eigenvalue weighted by atomic mass is 10.2. The first-order chi connectivity index (χ1) is 13.0. The van der Waals surface area contributed by atoms with Gasteiger partial charge in [0.15, 0.2) is 0 Å². The van der Waals surface area contributed by atoms with Crippen LogP contribution in [0.2, 0.25) is 0 Å². The number of aromatic nitrogens is 2. The van der Waals surface area contributed by atoms with Crippen LogP contribution in [0.4, 0.5) is 4.79 Å². The SMILES string of the molecule is CCN(CC)C(=O)N1CCN(C(=O)Cn2ncc3ccccc3c2=O)CC1. The zero-order valence-corrected chi connectivity index (χ0v) is 15.8. The van der Waals surface area contributed by atoms with Crippen molar-refractivity contribution in [2.75, 3.05) is 39.3 Å². The molecule has 2 heterocycles. The third-order valence-electron chi connectivity index (χ3n) is 4.98. The summed E-state index contributed by atoms with van der Waals surface area (Å²) in [5.41, 5.74) is -0.267. The Hall–Kier alpha value is -2.90. The third-order valence-corrected chi connectivity index (χ3v) is 4.98. The van der Waals surface area contributed by atoms with Crippen molar-refractivity contribution in [2.45, 2.75) is 20.4 Å². The van der Waals surface area contributed by atoms with Gasteiger partial charge in [-0.15, -0.1) is 0 Å². The lowest BCUT2D eigenvalue weighted by Crippen LogP contribution is -2.54. The summed E-state index contributed by atoms with van der Waals surface area (Å²) in [6.07, 6.45) is 1.60. The first-order valence-electron chi connectivity index (χ1n) is 9.31. The van der Waals surface area contributed by atoms with Gasteiger partial charge in [-0.3, -0.25) is 9.59 Å². The van der Waals surface area contributed by atoms with Gasteiger partial charge in [0.1, 0.15) is 6.54 Å². The van der Waals surface area contributed by atoms with E-state index in [4.69, 9.17) is 0 Å². The summed E-state index contributed by atoms with van der Waals surface area (Å²) >= 11 is 0. The predicted molar refractivity (Wildman–Crippen MR) is 102 cm³/mol. The minimum Gasteiger partial charge on any atom is -0.338 e. The highest BCUT2D eigenvalue weighted by Gasteiger charge is 2.26. The molecule has 1 saturated heterocycles. The van der Waals surface area contributed by atoms with Crippen LogP contribution < -0.4 is 5.56 Å². The van der Waals surface area contributed by atoms with Crippen LogP contribution in [-0.2, 0) is 11.3 Å². The second kappa shape index (κ2) is 8.20. The van der Waals surface area contributed by atoms with Gasteiger partial charge in [-0.2, -0.15) is 5.10 Å². The van der Waals surface area contributed by atoms with Crippen molar-refractivity contribution >= 4 is 22.7 Å². The van der Waals surface area contributed by atoms with E-state index in [1.807, 2.05) is 26.0 Å². The predicted octanol–water partition coefficient (Wildman–Crippen LogP) is 1.00. The first-order valence-corrected chi connectivity index (χ1v) is 9.31. The average Bonchev–Trinajstić information content (AvgIpc) is 2.71. The molecule has 0 atom stereocenters. The second-order valence-corrected chi connectivity index (χ2v) is 6.52. The van der Waals surface area contributed by atoms with Gasteiger partial charge in [0.25, 0.3) is 5.56 Å². The molecule has 0 unspecified atom stereocenters. The molecule has 0 aliphatic carbocycles. The van der Waals surface area contributed by atoms with Crippen molar-refractivity contribution in [1.29, 1.82) is 0 Å². The van der Waals surface area contributed by atoms with Gasteiger partial charge < -0.3 is 14.7 Å². The average molecular weight is 371 g/mol. The van der Waals surface area contributed by atoms with Gasteiger partial charge in [-0.1, -0.05) is 18.2 Å². The summed E-state index contributed by atoms with van der Waals surface area (Å²) in [4.78, 5) is 42.7. The van der Waals surface area contributed by atoms with E-state index in [1.54, 1.807) is 33.0 Å². The van der Waals surface area contributed by atoms with Crippen LogP contribution in [0.1, 0.15) is 13.8 Å². The maximum atomic E-state index is 12.6. The number of hydrogen-bond donors (Lipinski definition) is 0. The van der Waals surface area contributed by atoms with Crippen LogP contribution in [0, 0.1) is 0 Å². The number of nitrogens with zero attached hydrogens (tertiary/aromatic N) is 5. The van der Waals surface area contributed by atoms with E-state index in [0.29, 0.717) is 44.7 Å². The highest BCUT2D eigenvalue weighted by molar-refractivity contribution is 5.81. The van der Waals surface area contributed by atoms with Crippen LogP contribution in [0.25, 0.3) is 10.8 Å². The molecule has 0 saturated carbocycles. The van der Waals surface area contributed by atoms with Gasteiger partial charge in [0.05, 0.1) is 11.6 Å². The normalized spacial score (nSPS) is 14.4. The quantitative estimate of drug-likeness (QED) is 0.803. The maximum absolute atomic E-state index is 12.6. The van der Waals surface area contributed by atoms with Gasteiger partial charge in [0, 0.05) is 44.7 Å². The Labute approximate surface area is 158 Å². The monoisotopic (exact) mass is 371 g/mol. The number of urea groups is 1. The second-order valence-electron chi connectivity index (χ2n) is 6.52. The smallest absolute Gasteiger partial charge is 0.320 e. The van der Waals surface area contributed by atoms with E-state index < -0.39 is 0 Å². The fourth-order valence-corrected chi connectivity index (χ4v) is 3.31. The minimum atomic E-state index is -0.267. The van der Waals surface area contributed by atoms with E-state index in [0.717, 1.165) is 5.39 Å². The molecule has 0 radical (unpaired) electrons. The van der Waals surface area contributed by atoms with E-state index in [2.05, 4.69) is 5.10 Å². The molecule has 0 spiro atoms. The summed E-state index contributed by atoms with van der Waals surface area (Å²) in [7, 11) is 0. The van der Waals surface area contributed by atoms with Gasteiger partial charge in [-0.05, 0) is 19.9 Å². The van der Waals surface area contributed by atoms with E-state index in [1.165, 1.54) is 4.68 Å². The Balaban J connectivity index is 1.63. The molecule has 144 valence electrons. The number of rotatable bonds is 4. The van der Waals surface area contributed by atoms with Gasteiger partial charge in [0.2, 0.25) is 5.91 Å². The Bertz CT molecular complexity index is 882.